The maximum Gasteiger partial charge on any atom is 0.246 e. The van der Waals surface area contributed by atoms with Gasteiger partial charge >= 0.3 is 0 Å². The van der Waals surface area contributed by atoms with Gasteiger partial charge in [-0.15, -0.1) is 0 Å². The van der Waals surface area contributed by atoms with E-state index in [1.165, 1.54) is 4.90 Å². The molecule has 1 fully saturated rings. The van der Waals surface area contributed by atoms with Crippen LogP contribution in [0.4, 0.5) is 5.69 Å². The Morgan fingerprint density at radius 3 is 2.56 bits per heavy atom. The predicted octanol–water partition coefficient (Wildman–Crippen LogP) is 1.92. The minimum absolute atomic E-state index is 0.164. The Hall–Kier alpha value is -2.88. The minimum atomic E-state index is -0.714. The van der Waals surface area contributed by atoms with E-state index in [-0.39, 0.29) is 30.2 Å². The molecule has 2 N–H and O–H groups in total. The predicted molar refractivity (Wildman–Crippen MR) is 101 cm³/mol. The van der Waals surface area contributed by atoms with Crippen molar-refractivity contribution in [3.8, 4) is 6.07 Å². The Bertz CT molecular complexity index is 721. The second-order valence-corrected chi connectivity index (χ2v) is 8.03. The molecule has 7 heteroatoms. The Labute approximate surface area is 159 Å². The molecule has 2 unspecified atom stereocenters. The highest BCUT2D eigenvalue weighted by molar-refractivity contribution is 5.94. The van der Waals surface area contributed by atoms with Gasteiger partial charge in [-0.1, -0.05) is 39.0 Å². The quantitative estimate of drug-likeness (QED) is 0.747. The first kappa shape index (κ1) is 20.4. The molecule has 0 bridgehead atoms. The van der Waals surface area contributed by atoms with E-state index in [0.29, 0.717) is 18.5 Å². The second-order valence-electron chi connectivity index (χ2n) is 8.03. The van der Waals surface area contributed by atoms with Crippen LogP contribution in [0.15, 0.2) is 30.3 Å². The molecular formula is C20H26N4O3. The molecule has 0 spiro atoms. The molecule has 3 amide bonds. The second kappa shape index (κ2) is 8.67. The summed E-state index contributed by atoms with van der Waals surface area (Å²) in [5, 5.41) is 14.8. The summed E-state index contributed by atoms with van der Waals surface area (Å²) in [6.07, 6.45) is 1.23. The Kier molecular flexibility index (Phi) is 6.56. The zero-order valence-electron chi connectivity index (χ0n) is 15.9. The lowest BCUT2D eigenvalue weighted by Crippen LogP contribution is -2.49. The number of carbonyl (C=O) groups excluding carboxylic acids is 3. The first-order chi connectivity index (χ1) is 12.7. The van der Waals surface area contributed by atoms with Gasteiger partial charge in [-0.05, 0) is 30.4 Å². The van der Waals surface area contributed by atoms with Crippen LogP contribution in [-0.4, -0.2) is 41.8 Å². The third-order valence-electron chi connectivity index (χ3n) is 4.53. The van der Waals surface area contributed by atoms with Gasteiger partial charge < -0.3 is 15.5 Å². The van der Waals surface area contributed by atoms with E-state index in [9.17, 15) is 19.6 Å². The van der Waals surface area contributed by atoms with Crippen molar-refractivity contribution in [2.75, 3.05) is 11.9 Å². The minimum Gasteiger partial charge on any atom is -0.347 e. The van der Waals surface area contributed by atoms with Gasteiger partial charge in [0, 0.05) is 12.2 Å². The van der Waals surface area contributed by atoms with Gasteiger partial charge in [0.05, 0.1) is 12.0 Å². The van der Waals surface area contributed by atoms with Crippen molar-refractivity contribution in [1.82, 2.24) is 10.2 Å². The number of hydrogen-bond acceptors (Lipinski definition) is 4. The maximum atomic E-state index is 12.9. The molecule has 1 heterocycles. The van der Waals surface area contributed by atoms with Crippen molar-refractivity contribution in [3.05, 3.63) is 30.3 Å². The molecular weight excluding hydrogens is 344 g/mol. The number of nitrogens with zero attached hydrogens (tertiary/aromatic N) is 2. The fourth-order valence-corrected chi connectivity index (χ4v) is 3.27. The third kappa shape index (κ3) is 5.55. The number of amides is 3. The first-order valence-corrected chi connectivity index (χ1v) is 9.01. The molecule has 1 aromatic carbocycles. The van der Waals surface area contributed by atoms with Crippen molar-refractivity contribution >= 4 is 23.9 Å². The van der Waals surface area contributed by atoms with Crippen LogP contribution >= 0.6 is 0 Å². The lowest BCUT2D eigenvalue weighted by molar-refractivity contribution is -0.135. The van der Waals surface area contributed by atoms with Crippen LogP contribution in [0.1, 0.15) is 33.6 Å². The van der Waals surface area contributed by atoms with Crippen molar-refractivity contribution in [3.63, 3.8) is 0 Å². The van der Waals surface area contributed by atoms with E-state index in [4.69, 9.17) is 0 Å². The van der Waals surface area contributed by atoms with Crippen LogP contribution in [0.2, 0.25) is 0 Å². The highest BCUT2D eigenvalue weighted by atomic mass is 16.2. The number of likely N-dealkylation sites (tertiary alicyclic amines) is 1. The number of carbonyl (C=O) groups is 3. The molecule has 1 aromatic rings. The Morgan fingerprint density at radius 2 is 2.00 bits per heavy atom. The zero-order chi connectivity index (χ0) is 20.0. The van der Waals surface area contributed by atoms with Gasteiger partial charge in [-0.3, -0.25) is 14.4 Å². The summed E-state index contributed by atoms with van der Waals surface area (Å²) in [6, 6.07) is 9.78. The number of hydrogen-bond donors (Lipinski definition) is 2. The molecule has 0 saturated carbocycles. The highest BCUT2D eigenvalue weighted by Crippen LogP contribution is 2.28. The third-order valence-corrected chi connectivity index (χ3v) is 4.53. The van der Waals surface area contributed by atoms with Gasteiger partial charge in [0.15, 0.2) is 0 Å². The molecule has 1 saturated heterocycles. The number of nitriles is 1. The van der Waals surface area contributed by atoms with Gasteiger partial charge in [-0.25, -0.2) is 0 Å². The largest absolute Gasteiger partial charge is 0.347 e. The van der Waals surface area contributed by atoms with Crippen LogP contribution in [-0.2, 0) is 14.4 Å². The molecule has 7 nitrogen and oxygen atoms in total. The standard InChI is InChI=1S/C20H26N4O3/c1-20(2,3)10-17(22-13-25)19(27)24-12-14(9-16(24)11-21)18(26)23-15-7-5-4-6-8-15/h4-8,13-14,16-17H,9-10,12H2,1-3H3,(H,22,25)(H,23,26)/t14?,16?,17-/m0/s1. The SMILES string of the molecule is CC(C)(C)C[C@H](NC=O)C(=O)N1CC(C(=O)Nc2ccccc2)CC1C#N. The summed E-state index contributed by atoms with van der Waals surface area (Å²) < 4.78 is 0. The van der Waals surface area contributed by atoms with E-state index in [1.54, 1.807) is 12.1 Å². The molecule has 0 radical (unpaired) electrons. The monoisotopic (exact) mass is 370 g/mol. The fraction of sp³-hybridized carbons (Fsp3) is 0.500. The number of rotatable bonds is 6. The molecule has 0 aromatic heterocycles. The van der Waals surface area contributed by atoms with Crippen LogP contribution in [0.5, 0.6) is 0 Å². The first-order valence-electron chi connectivity index (χ1n) is 9.01. The summed E-state index contributed by atoms with van der Waals surface area (Å²) in [6.45, 7) is 6.09. The number of anilines is 1. The summed E-state index contributed by atoms with van der Waals surface area (Å²) in [5.74, 6) is -1.00. The van der Waals surface area contributed by atoms with E-state index in [0.717, 1.165) is 0 Å². The van der Waals surface area contributed by atoms with Crippen LogP contribution < -0.4 is 10.6 Å². The lowest BCUT2D eigenvalue weighted by Gasteiger charge is -2.29. The molecule has 1 aliphatic heterocycles. The molecule has 1 aliphatic rings. The van der Waals surface area contributed by atoms with E-state index in [1.807, 2.05) is 39.0 Å². The lowest BCUT2D eigenvalue weighted by atomic mass is 9.87. The zero-order valence-corrected chi connectivity index (χ0v) is 15.9. The Balaban J connectivity index is 2.09. The molecule has 2 rings (SSSR count). The summed E-state index contributed by atoms with van der Waals surface area (Å²) >= 11 is 0. The average molecular weight is 370 g/mol. The van der Waals surface area contributed by atoms with Gasteiger partial charge in [0.2, 0.25) is 18.2 Å². The van der Waals surface area contributed by atoms with Crippen molar-refractivity contribution < 1.29 is 14.4 Å². The molecule has 27 heavy (non-hydrogen) atoms. The van der Waals surface area contributed by atoms with Crippen LogP contribution in [0, 0.1) is 22.7 Å². The van der Waals surface area contributed by atoms with Crippen molar-refractivity contribution in [2.45, 2.75) is 45.7 Å². The highest BCUT2D eigenvalue weighted by Gasteiger charge is 2.41. The summed E-state index contributed by atoms with van der Waals surface area (Å²) in [7, 11) is 0. The Morgan fingerprint density at radius 1 is 1.33 bits per heavy atom. The van der Waals surface area contributed by atoms with Gasteiger partial charge in [0.25, 0.3) is 0 Å². The van der Waals surface area contributed by atoms with Crippen LogP contribution in [0.25, 0.3) is 0 Å². The van der Waals surface area contributed by atoms with Gasteiger partial charge in [-0.2, -0.15) is 5.26 Å². The molecule has 3 atom stereocenters. The van der Waals surface area contributed by atoms with E-state index in [2.05, 4.69) is 16.7 Å². The van der Waals surface area contributed by atoms with Gasteiger partial charge in [0.1, 0.15) is 12.1 Å². The number of para-hydroxylation sites is 1. The fourth-order valence-electron chi connectivity index (χ4n) is 3.27. The summed E-state index contributed by atoms with van der Waals surface area (Å²) in [5.41, 5.74) is 0.497. The molecule has 144 valence electrons. The van der Waals surface area contributed by atoms with E-state index < -0.39 is 18.0 Å². The summed E-state index contributed by atoms with van der Waals surface area (Å²) in [4.78, 5) is 37.8. The van der Waals surface area contributed by atoms with Crippen molar-refractivity contribution in [1.29, 1.82) is 5.26 Å². The maximum absolute atomic E-state index is 12.9. The van der Waals surface area contributed by atoms with Crippen LogP contribution in [0.3, 0.4) is 0 Å². The smallest absolute Gasteiger partial charge is 0.246 e. The van der Waals surface area contributed by atoms with E-state index >= 15 is 0 Å². The number of benzene rings is 1. The normalized spacial score (nSPS) is 20.4. The molecule has 0 aliphatic carbocycles. The topological polar surface area (TPSA) is 102 Å². The van der Waals surface area contributed by atoms with Crippen molar-refractivity contribution in [2.24, 2.45) is 11.3 Å². The number of nitrogens with one attached hydrogen (secondary N) is 2. The average Bonchev–Trinajstić information content (AvgIpc) is 3.05.